The van der Waals surface area contributed by atoms with Gasteiger partial charge in [0.2, 0.25) is 5.91 Å². The molecule has 1 saturated heterocycles. The quantitative estimate of drug-likeness (QED) is 0.389. The zero-order valence-electron chi connectivity index (χ0n) is 15.8. The first kappa shape index (κ1) is 21.1. The van der Waals surface area contributed by atoms with Crippen LogP contribution in [0, 0.1) is 0 Å². The Labute approximate surface area is 176 Å². The molecule has 0 spiro atoms. The number of carbonyl (C=O) groups is 1. The Morgan fingerprint density at radius 3 is 2.81 bits per heavy atom. The zero-order chi connectivity index (χ0) is 18.5. The molecular formula is C19H26IN5O2. The first-order valence-electron chi connectivity index (χ1n) is 8.62. The van der Waals surface area contributed by atoms with Crippen molar-refractivity contribution in [2.45, 2.75) is 19.0 Å². The highest BCUT2D eigenvalue weighted by atomic mass is 127. The fourth-order valence-corrected chi connectivity index (χ4v) is 3.07. The van der Waals surface area contributed by atoms with Gasteiger partial charge < -0.3 is 24.8 Å². The highest BCUT2D eigenvalue weighted by Crippen LogP contribution is 2.25. The van der Waals surface area contributed by atoms with E-state index < -0.39 is 0 Å². The molecule has 0 aliphatic carbocycles. The van der Waals surface area contributed by atoms with Gasteiger partial charge in [-0.1, -0.05) is 6.07 Å². The number of ether oxygens (including phenoxy) is 1. The molecule has 1 aliphatic heterocycles. The summed E-state index contributed by atoms with van der Waals surface area (Å²) in [6.45, 7) is 1.26. The molecule has 3 rings (SSSR count). The number of aromatic nitrogens is 1. The molecule has 1 aromatic heterocycles. The minimum atomic E-state index is 0. The predicted molar refractivity (Wildman–Crippen MR) is 118 cm³/mol. The lowest BCUT2D eigenvalue weighted by Gasteiger charge is -2.19. The maximum atomic E-state index is 12.4. The van der Waals surface area contributed by atoms with Crippen LogP contribution in [0.25, 0.3) is 0 Å². The van der Waals surface area contributed by atoms with Crippen molar-refractivity contribution in [2.24, 2.45) is 12.0 Å². The Morgan fingerprint density at radius 1 is 1.33 bits per heavy atom. The lowest BCUT2D eigenvalue weighted by atomic mass is 10.2. The van der Waals surface area contributed by atoms with Gasteiger partial charge in [0.1, 0.15) is 5.75 Å². The molecular weight excluding hydrogens is 457 g/mol. The van der Waals surface area contributed by atoms with Crippen LogP contribution in [0.2, 0.25) is 0 Å². The lowest BCUT2D eigenvalue weighted by Crippen LogP contribution is -2.44. The minimum absolute atomic E-state index is 0. The molecule has 0 bridgehead atoms. The van der Waals surface area contributed by atoms with Crippen molar-refractivity contribution < 1.29 is 9.53 Å². The summed E-state index contributed by atoms with van der Waals surface area (Å²) in [7, 11) is 5.36. The van der Waals surface area contributed by atoms with Gasteiger partial charge in [0.15, 0.2) is 5.96 Å². The van der Waals surface area contributed by atoms with Crippen LogP contribution in [-0.4, -0.2) is 43.2 Å². The maximum absolute atomic E-state index is 12.4. The molecule has 1 aromatic carbocycles. The van der Waals surface area contributed by atoms with Gasteiger partial charge in [-0.3, -0.25) is 9.79 Å². The van der Waals surface area contributed by atoms with Crippen LogP contribution in [0.3, 0.4) is 0 Å². The Balaban J connectivity index is 0.00000261. The number of benzene rings is 1. The smallest absolute Gasteiger partial charge is 0.229 e. The molecule has 2 heterocycles. The molecule has 1 amide bonds. The van der Waals surface area contributed by atoms with Gasteiger partial charge in [-0.15, -0.1) is 24.0 Å². The standard InChI is InChI=1S/C19H25N5O2.HI/c1-20-19(21-12-16-7-5-9-23(16)2)22-14-10-18(25)24(13-14)15-6-4-8-17(11-15)26-3;/h4-9,11,14H,10,12-13H2,1-3H3,(H2,20,21,22);1H. The number of methoxy groups -OCH3 is 1. The lowest BCUT2D eigenvalue weighted by molar-refractivity contribution is -0.117. The van der Waals surface area contributed by atoms with Gasteiger partial charge in [0.25, 0.3) is 0 Å². The van der Waals surface area contributed by atoms with E-state index in [2.05, 4.69) is 26.3 Å². The molecule has 2 N–H and O–H groups in total. The number of nitrogens with zero attached hydrogens (tertiary/aromatic N) is 3. The number of carbonyl (C=O) groups excluding carboxylic acids is 1. The average molecular weight is 483 g/mol. The minimum Gasteiger partial charge on any atom is -0.497 e. The molecule has 1 aliphatic rings. The molecule has 1 atom stereocenters. The summed E-state index contributed by atoms with van der Waals surface area (Å²) >= 11 is 0. The number of anilines is 1. The van der Waals surface area contributed by atoms with Crippen molar-refractivity contribution >= 4 is 41.5 Å². The molecule has 0 saturated carbocycles. The van der Waals surface area contributed by atoms with E-state index in [4.69, 9.17) is 4.74 Å². The Kier molecular flexibility index (Phi) is 7.52. The molecule has 146 valence electrons. The van der Waals surface area contributed by atoms with Crippen molar-refractivity contribution in [3.8, 4) is 5.75 Å². The zero-order valence-corrected chi connectivity index (χ0v) is 18.1. The first-order chi connectivity index (χ1) is 12.6. The Hall–Kier alpha value is -2.23. The van der Waals surface area contributed by atoms with Crippen LogP contribution in [0.15, 0.2) is 47.6 Å². The van der Waals surface area contributed by atoms with Crippen molar-refractivity contribution in [1.29, 1.82) is 0 Å². The Bertz CT molecular complexity index is 805. The Morgan fingerprint density at radius 2 is 2.15 bits per heavy atom. The summed E-state index contributed by atoms with van der Waals surface area (Å²) in [4.78, 5) is 18.5. The number of guanidine groups is 1. The third-order valence-electron chi connectivity index (χ3n) is 4.54. The van der Waals surface area contributed by atoms with E-state index in [0.717, 1.165) is 17.1 Å². The molecule has 2 aromatic rings. The number of aliphatic imine (C=N–C) groups is 1. The molecule has 7 nitrogen and oxygen atoms in total. The second-order valence-corrected chi connectivity index (χ2v) is 6.29. The number of hydrogen-bond donors (Lipinski definition) is 2. The third-order valence-corrected chi connectivity index (χ3v) is 4.54. The van der Waals surface area contributed by atoms with Gasteiger partial charge in [0.05, 0.1) is 19.7 Å². The van der Waals surface area contributed by atoms with E-state index >= 15 is 0 Å². The van der Waals surface area contributed by atoms with Crippen molar-refractivity contribution in [3.63, 3.8) is 0 Å². The van der Waals surface area contributed by atoms with Crippen molar-refractivity contribution in [1.82, 2.24) is 15.2 Å². The molecule has 27 heavy (non-hydrogen) atoms. The topological polar surface area (TPSA) is 70.9 Å². The van der Waals surface area contributed by atoms with Gasteiger partial charge in [0, 0.05) is 50.7 Å². The summed E-state index contributed by atoms with van der Waals surface area (Å²) in [5, 5.41) is 6.64. The van der Waals surface area contributed by atoms with Crippen LogP contribution in [0.4, 0.5) is 5.69 Å². The summed E-state index contributed by atoms with van der Waals surface area (Å²) in [6.07, 6.45) is 2.44. The largest absolute Gasteiger partial charge is 0.497 e. The first-order valence-corrected chi connectivity index (χ1v) is 8.62. The fourth-order valence-electron chi connectivity index (χ4n) is 3.07. The molecule has 0 radical (unpaired) electrons. The number of hydrogen-bond acceptors (Lipinski definition) is 3. The SMILES string of the molecule is CN=C(NCc1cccn1C)NC1CC(=O)N(c2cccc(OC)c2)C1.I. The molecule has 8 heteroatoms. The maximum Gasteiger partial charge on any atom is 0.229 e. The van der Waals surface area contributed by atoms with E-state index in [-0.39, 0.29) is 35.9 Å². The monoisotopic (exact) mass is 483 g/mol. The van der Waals surface area contributed by atoms with Crippen molar-refractivity contribution in [2.75, 3.05) is 25.6 Å². The van der Waals surface area contributed by atoms with Crippen LogP contribution >= 0.6 is 24.0 Å². The van der Waals surface area contributed by atoms with E-state index in [1.807, 2.05) is 43.6 Å². The molecule has 1 fully saturated rings. The molecule has 1 unspecified atom stereocenters. The van der Waals surface area contributed by atoms with Crippen LogP contribution < -0.4 is 20.3 Å². The highest BCUT2D eigenvalue weighted by Gasteiger charge is 2.31. The van der Waals surface area contributed by atoms with Crippen LogP contribution in [0.1, 0.15) is 12.1 Å². The van der Waals surface area contributed by atoms with Gasteiger partial charge in [-0.2, -0.15) is 0 Å². The van der Waals surface area contributed by atoms with Crippen LogP contribution in [0.5, 0.6) is 5.75 Å². The van der Waals surface area contributed by atoms with Gasteiger partial charge in [-0.05, 0) is 24.3 Å². The summed E-state index contributed by atoms with van der Waals surface area (Å²) in [6, 6.07) is 11.6. The second kappa shape index (κ2) is 9.63. The number of amides is 1. The summed E-state index contributed by atoms with van der Waals surface area (Å²) < 4.78 is 7.31. The van der Waals surface area contributed by atoms with E-state index in [1.165, 1.54) is 0 Å². The second-order valence-electron chi connectivity index (χ2n) is 6.29. The van der Waals surface area contributed by atoms with Crippen molar-refractivity contribution in [3.05, 3.63) is 48.3 Å². The third kappa shape index (κ3) is 5.15. The number of halogens is 1. The summed E-state index contributed by atoms with van der Waals surface area (Å²) in [5.74, 6) is 1.52. The predicted octanol–water partition coefficient (Wildman–Crippen LogP) is 2.12. The number of rotatable bonds is 5. The van der Waals surface area contributed by atoms with Gasteiger partial charge >= 0.3 is 0 Å². The highest BCUT2D eigenvalue weighted by molar-refractivity contribution is 14.0. The normalized spacial score (nSPS) is 16.9. The van der Waals surface area contributed by atoms with E-state index in [9.17, 15) is 4.79 Å². The van der Waals surface area contributed by atoms with E-state index in [1.54, 1.807) is 19.1 Å². The average Bonchev–Trinajstić information content (AvgIpc) is 3.23. The van der Waals surface area contributed by atoms with Crippen LogP contribution in [-0.2, 0) is 18.4 Å². The number of nitrogens with one attached hydrogen (secondary N) is 2. The van der Waals surface area contributed by atoms with E-state index in [0.29, 0.717) is 25.5 Å². The fraction of sp³-hybridized carbons (Fsp3) is 0.368. The summed E-state index contributed by atoms with van der Waals surface area (Å²) in [5.41, 5.74) is 2.01. The number of aryl methyl sites for hydroxylation is 1. The van der Waals surface area contributed by atoms with Gasteiger partial charge in [-0.25, -0.2) is 0 Å².